The number of thiophene rings is 1. The lowest BCUT2D eigenvalue weighted by Gasteiger charge is -1.99. The van der Waals surface area contributed by atoms with Gasteiger partial charge in [0.25, 0.3) is 5.91 Å². The fourth-order valence-electron chi connectivity index (χ4n) is 1.84. The molecule has 1 aliphatic heterocycles. The van der Waals surface area contributed by atoms with Gasteiger partial charge in [0.2, 0.25) is 0 Å². The fraction of sp³-hybridized carbons (Fsp3) is 0. The van der Waals surface area contributed by atoms with E-state index in [4.69, 9.17) is 12.2 Å². The van der Waals surface area contributed by atoms with Crippen LogP contribution in [-0.4, -0.2) is 10.2 Å². The van der Waals surface area contributed by atoms with Crippen molar-refractivity contribution in [3.63, 3.8) is 0 Å². The maximum absolute atomic E-state index is 13.7. The summed E-state index contributed by atoms with van der Waals surface area (Å²) in [6.07, 6.45) is 1.70. The Morgan fingerprint density at radius 1 is 1.24 bits per heavy atom. The van der Waals surface area contributed by atoms with Crippen LogP contribution in [0.1, 0.15) is 4.88 Å². The molecule has 1 aliphatic rings. The fourth-order valence-corrected chi connectivity index (χ4v) is 3.79. The molecule has 21 heavy (non-hydrogen) atoms. The Morgan fingerprint density at radius 2 is 2.05 bits per heavy atom. The van der Waals surface area contributed by atoms with E-state index < -0.39 is 11.6 Å². The monoisotopic (exact) mass is 339 g/mol. The van der Waals surface area contributed by atoms with Crippen molar-refractivity contribution in [3.8, 4) is 11.1 Å². The first-order chi connectivity index (χ1) is 10.0. The van der Waals surface area contributed by atoms with Crippen LogP contribution in [0.15, 0.2) is 34.6 Å². The number of rotatable bonds is 2. The van der Waals surface area contributed by atoms with E-state index in [1.807, 2.05) is 0 Å². The SMILES string of the molecule is O=C1NC(=S)S/C1=C\c1cc(-c2ccc(F)cc2F)cs1. The lowest BCUT2D eigenvalue weighted by Crippen LogP contribution is -2.17. The summed E-state index contributed by atoms with van der Waals surface area (Å²) in [5.74, 6) is -1.45. The van der Waals surface area contributed by atoms with E-state index in [9.17, 15) is 13.6 Å². The summed E-state index contributed by atoms with van der Waals surface area (Å²) >= 11 is 7.48. The summed E-state index contributed by atoms with van der Waals surface area (Å²) in [6, 6.07) is 5.22. The Hall–Kier alpha value is -1.57. The molecular weight excluding hydrogens is 332 g/mol. The van der Waals surface area contributed by atoms with E-state index >= 15 is 0 Å². The number of carbonyl (C=O) groups excluding carboxylic acids is 1. The molecule has 1 aromatic carbocycles. The third kappa shape index (κ3) is 3.04. The maximum Gasteiger partial charge on any atom is 0.263 e. The third-order valence-electron chi connectivity index (χ3n) is 2.78. The highest BCUT2D eigenvalue weighted by Gasteiger charge is 2.22. The number of thiocarbonyl (C=S) groups is 1. The van der Waals surface area contributed by atoms with Crippen LogP contribution in [0.3, 0.4) is 0 Å². The summed E-state index contributed by atoms with van der Waals surface area (Å²) in [5.41, 5.74) is 0.978. The number of halogens is 2. The molecule has 0 unspecified atom stereocenters. The molecule has 106 valence electrons. The molecule has 0 spiro atoms. The first-order valence-electron chi connectivity index (χ1n) is 5.82. The molecule has 1 aromatic heterocycles. The van der Waals surface area contributed by atoms with Gasteiger partial charge in [-0.2, -0.15) is 0 Å². The van der Waals surface area contributed by atoms with E-state index in [2.05, 4.69) is 5.32 Å². The van der Waals surface area contributed by atoms with Crippen molar-refractivity contribution in [2.45, 2.75) is 0 Å². The van der Waals surface area contributed by atoms with Gasteiger partial charge >= 0.3 is 0 Å². The van der Waals surface area contributed by atoms with Gasteiger partial charge in [0.1, 0.15) is 16.0 Å². The molecule has 1 saturated heterocycles. The van der Waals surface area contributed by atoms with Crippen LogP contribution in [0.25, 0.3) is 17.2 Å². The highest BCUT2D eigenvalue weighted by Crippen LogP contribution is 2.32. The molecule has 1 amide bonds. The van der Waals surface area contributed by atoms with E-state index in [1.54, 1.807) is 17.5 Å². The maximum atomic E-state index is 13.7. The van der Waals surface area contributed by atoms with E-state index in [-0.39, 0.29) is 5.91 Å². The summed E-state index contributed by atoms with van der Waals surface area (Å²) < 4.78 is 27.1. The molecule has 1 fully saturated rings. The minimum Gasteiger partial charge on any atom is -0.307 e. The molecule has 0 atom stereocenters. The molecule has 3 rings (SSSR count). The molecule has 7 heteroatoms. The number of hydrogen-bond acceptors (Lipinski definition) is 4. The molecule has 0 radical (unpaired) electrons. The Balaban J connectivity index is 1.92. The van der Waals surface area contributed by atoms with Crippen LogP contribution in [-0.2, 0) is 4.79 Å². The van der Waals surface area contributed by atoms with Crippen LogP contribution in [0.5, 0.6) is 0 Å². The number of hydrogen-bond donors (Lipinski definition) is 1. The largest absolute Gasteiger partial charge is 0.307 e. The van der Waals surface area contributed by atoms with Crippen LogP contribution in [0, 0.1) is 11.6 Å². The van der Waals surface area contributed by atoms with Crippen LogP contribution in [0.4, 0.5) is 8.78 Å². The molecule has 0 aliphatic carbocycles. The van der Waals surface area contributed by atoms with Crippen molar-refractivity contribution < 1.29 is 13.6 Å². The van der Waals surface area contributed by atoms with E-state index in [0.717, 1.165) is 10.9 Å². The minimum atomic E-state index is -0.610. The zero-order valence-corrected chi connectivity index (χ0v) is 12.8. The number of thioether (sulfide) groups is 1. The van der Waals surface area contributed by atoms with Crippen LogP contribution >= 0.6 is 35.3 Å². The third-order valence-corrected chi connectivity index (χ3v) is 4.82. The quantitative estimate of drug-likeness (QED) is 0.657. The van der Waals surface area contributed by atoms with E-state index in [0.29, 0.717) is 20.4 Å². The highest BCUT2D eigenvalue weighted by molar-refractivity contribution is 8.26. The first kappa shape index (κ1) is 14.4. The first-order valence-corrected chi connectivity index (χ1v) is 7.92. The van der Waals surface area contributed by atoms with Gasteiger partial charge in [-0.1, -0.05) is 24.0 Å². The number of nitrogens with one attached hydrogen (secondary N) is 1. The standard InChI is InChI=1S/C14H7F2NOS3/c15-8-1-2-10(11(16)4-8)7-3-9(20-6-7)5-12-13(18)17-14(19)21-12/h1-6H,(H,17,18,19)/b12-5-. The average molecular weight is 339 g/mol. The van der Waals surface area contributed by atoms with Crippen molar-refractivity contribution >= 4 is 51.6 Å². The molecule has 2 aromatic rings. The Morgan fingerprint density at radius 3 is 2.71 bits per heavy atom. The second-order valence-corrected chi connectivity index (χ2v) is 6.88. The van der Waals surface area contributed by atoms with Gasteiger partial charge < -0.3 is 5.32 Å². The number of carbonyl (C=O) groups is 1. The van der Waals surface area contributed by atoms with Gasteiger partial charge in [0.15, 0.2) is 0 Å². The minimum absolute atomic E-state index is 0.229. The topological polar surface area (TPSA) is 29.1 Å². The highest BCUT2D eigenvalue weighted by atomic mass is 32.2. The van der Waals surface area contributed by atoms with Crippen molar-refractivity contribution in [1.29, 1.82) is 0 Å². The summed E-state index contributed by atoms with van der Waals surface area (Å²) in [4.78, 5) is 12.9. The predicted octanol–water partition coefficient (Wildman–Crippen LogP) is 4.18. The Labute approximate surface area is 132 Å². The molecular formula is C14H7F2NOS3. The smallest absolute Gasteiger partial charge is 0.263 e. The normalized spacial score (nSPS) is 16.6. The van der Waals surface area contributed by atoms with Gasteiger partial charge in [-0.05, 0) is 35.2 Å². The van der Waals surface area contributed by atoms with Gasteiger partial charge in [-0.25, -0.2) is 8.78 Å². The molecule has 2 heterocycles. The van der Waals surface area contributed by atoms with Gasteiger partial charge in [0, 0.05) is 16.5 Å². The number of amides is 1. The second kappa shape index (κ2) is 5.67. The molecule has 1 N–H and O–H groups in total. The zero-order chi connectivity index (χ0) is 15.0. The summed E-state index contributed by atoms with van der Waals surface area (Å²) in [5, 5.41) is 4.29. The molecule has 0 bridgehead atoms. The van der Waals surface area contributed by atoms with Crippen molar-refractivity contribution in [2.75, 3.05) is 0 Å². The van der Waals surface area contributed by atoms with Crippen molar-refractivity contribution in [2.24, 2.45) is 0 Å². The van der Waals surface area contributed by atoms with Gasteiger partial charge in [-0.15, -0.1) is 11.3 Å². The van der Waals surface area contributed by atoms with Gasteiger partial charge in [-0.3, -0.25) is 4.79 Å². The average Bonchev–Trinajstić information content (AvgIpc) is 2.97. The van der Waals surface area contributed by atoms with E-state index in [1.165, 1.54) is 35.2 Å². The second-order valence-electron chi connectivity index (χ2n) is 4.21. The van der Waals surface area contributed by atoms with Crippen molar-refractivity contribution in [1.82, 2.24) is 5.32 Å². The Kier molecular flexibility index (Phi) is 3.88. The lowest BCUT2D eigenvalue weighted by molar-refractivity contribution is -0.115. The van der Waals surface area contributed by atoms with Crippen molar-refractivity contribution in [3.05, 3.63) is 51.1 Å². The lowest BCUT2D eigenvalue weighted by atomic mass is 10.1. The Bertz CT molecular complexity index is 782. The summed E-state index contributed by atoms with van der Waals surface area (Å²) in [7, 11) is 0. The number of benzene rings is 1. The summed E-state index contributed by atoms with van der Waals surface area (Å²) in [6.45, 7) is 0. The van der Waals surface area contributed by atoms with Gasteiger partial charge in [0.05, 0.1) is 4.91 Å². The molecule has 0 saturated carbocycles. The predicted molar refractivity (Wildman–Crippen MR) is 86.0 cm³/mol. The molecule has 2 nitrogen and oxygen atoms in total. The van der Waals surface area contributed by atoms with Crippen LogP contribution < -0.4 is 5.32 Å². The zero-order valence-electron chi connectivity index (χ0n) is 10.4. The van der Waals surface area contributed by atoms with Crippen LogP contribution in [0.2, 0.25) is 0 Å².